The first-order chi connectivity index (χ1) is 12.2. The number of carboxylic acids is 1. The Morgan fingerprint density at radius 1 is 1.26 bits per heavy atom. The van der Waals surface area contributed by atoms with E-state index < -0.39 is 25.4 Å². The van der Waals surface area contributed by atoms with Crippen molar-refractivity contribution in [3.63, 3.8) is 0 Å². The number of phenolic OH excluding ortho intramolecular Hbond substituents is 3. The smallest absolute Gasteiger partial charge is 0.364 e. The first-order valence-corrected chi connectivity index (χ1v) is 10.1. The monoisotopic (exact) mass is 429 g/mol. The first kappa shape index (κ1) is 27.3. The number of hydrogen-bond donors (Lipinski definition) is 6. The van der Waals surface area contributed by atoms with Crippen LogP contribution in [0.15, 0.2) is 18.2 Å². The van der Waals surface area contributed by atoms with Crippen molar-refractivity contribution in [1.29, 1.82) is 0 Å². The highest BCUT2D eigenvalue weighted by atomic mass is 32.1. The van der Waals surface area contributed by atoms with Crippen LogP contribution in [0.4, 0.5) is 4.20 Å². The molecule has 0 aliphatic heterocycles. The van der Waals surface area contributed by atoms with Gasteiger partial charge in [-0.2, -0.15) is 16.8 Å². The average Bonchev–Trinajstić information content (AvgIpc) is 2.48. The van der Waals surface area contributed by atoms with E-state index in [1.807, 2.05) is 0 Å². The number of amides is 1. The van der Waals surface area contributed by atoms with Gasteiger partial charge in [0.25, 0.3) is 0 Å². The van der Waals surface area contributed by atoms with Crippen molar-refractivity contribution >= 4 is 32.2 Å². The van der Waals surface area contributed by atoms with Gasteiger partial charge in [0.1, 0.15) is 6.04 Å². The SMILES string of the molecule is CC(=O)N[C@@H](CS)C(=O)O.CC(C)OP(C)(=O)F.Oc1cccc(O)c1O. The summed E-state index contributed by atoms with van der Waals surface area (Å²) in [6, 6.07) is 3.13. The van der Waals surface area contributed by atoms with Crippen LogP contribution in [0.1, 0.15) is 20.8 Å². The number of thiol groups is 1. The molecule has 0 aliphatic rings. The molecule has 9 nitrogen and oxygen atoms in total. The summed E-state index contributed by atoms with van der Waals surface area (Å²) in [6.07, 6.45) is -0.296. The number of carbonyl (C=O) groups is 2. The second-order valence-electron chi connectivity index (χ2n) is 5.32. The summed E-state index contributed by atoms with van der Waals surface area (Å²) in [7, 11) is -3.72. The van der Waals surface area contributed by atoms with Crippen molar-refractivity contribution in [3.8, 4) is 17.2 Å². The average molecular weight is 429 g/mol. The summed E-state index contributed by atoms with van der Waals surface area (Å²) in [6.45, 7) is 5.48. The van der Waals surface area contributed by atoms with E-state index in [1.165, 1.54) is 25.1 Å². The molecule has 0 saturated heterocycles. The van der Waals surface area contributed by atoms with Crippen LogP contribution in [0.5, 0.6) is 17.2 Å². The number of carbonyl (C=O) groups excluding carboxylic acids is 1. The van der Waals surface area contributed by atoms with Crippen LogP contribution in [0, 0.1) is 0 Å². The van der Waals surface area contributed by atoms with Crippen LogP contribution in [-0.4, -0.2) is 56.9 Å². The van der Waals surface area contributed by atoms with Gasteiger partial charge in [-0.25, -0.2) is 4.79 Å². The van der Waals surface area contributed by atoms with E-state index in [0.717, 1.165) is 6.66 Å². The van der Waals surface area contributed by atoms with Crippen molar-refractivity contribution in [1.82, 2.24) is 5.32 Å². The van der Waals surface area contributed by atoms with E-state index in [1.54, 1.807) is 13.8 Å². The van der Waals surface area contributed by atoms with E-state index in [-0.39, 0.29) is 29.3 Å². The molecule has 5 N–H and O–H groups in total. The highest BCUT2D eigenvalue weighted by Crippen LogP contribution is 2.45. The Hall–Kier alpha value is -1.97. The normalized spacial score (nSPS) is 13.1. The van der Waals surface area contributed by atoms with E-state index in [9.17, 15) is 18.4 Å². The molecule has 1 aromatic rings. The first-order valence-electron chi connectivity index (χ1n) is 7.47. The van der Waals surface area contributed by atoms with Crippen LogP contribution in [0.25, 0.3) is 0 Å². The number of hydrogen-bond acceptors (Lipinski definition) is 8. The van der Waals surface area contributed by atoms with Crippen molar-refractivity contribution < 1.29 is 43.3 Å². The molecule has 0 heterocycles. The summed E-state index contributed by atoms with van der Waals surface area (Å²) >= 11 is 3.73. The van der Waals surface area contributed by atoms with Crippen molar-refractivity contribution in [2.75, 3.05) is 12.4 Å². The van der Waals surface area contributed by atoms with E-state index in [4.69, 9.17) is 20.4 Å². The molecule has 0 aromatic heterocycles. The molecule has 0 bridgehead atoms. The molecular formula is C15H25FNO8PS. The second kappa shape index (κ2) is 13.2. The minimum atomic E-state index is -3.72. The summed E-state index contributed by atoms with van der Waals surface area (Å²) in [5.41, 5.74) is 0. The van der Waals surface area contributed by atoms with Gasteiger partial charge in [0.2, 0.25) is 5.91 Å². The lowest BCUT2D eigenvalue weighted by atomic mass is 10.3. The van der Waals surface area contributed by atoms with Gasteiger partial charge in [0.15, 0.2) is 17.2 Å². The minimum Gasteiger partial charge on any atom is -0.504 e. The van der Waals surface area contributed by atoms with Gasteiger partial charge in [-0.1, -0.05) is 6.07 Å². The lowest BCUT2D eigenvalue weighted by Gasteiger charge is -2.08. The predicted octanol–water partition coefficient (Wildman–Crippen LogP) is 2.51. The van der Waals surface area contributed by atoms with Crippen LogP contribution in [-0.2, 0) is 18.7 Å². The molecule has 0 aliphatic carbocycles. The number of halogens is 1. The van der Waals surface area contributed by atoms with Gasteiger partial charge in [0.05, 0.1) is 6.10 Å². The van der Waals surface area contributed by atoms with Gasteiger partial charge in [-0.3, -0.25) is 9.36 Å². The lowest BCUT2D eigenvalue weighted by Crippen LogP contribution is -2.40. The molecule has 0 radical (unpaired) electrons. The molecule has 27 heavy (non-hydrogen) atoms. The number of benzene rings is 1. The highest BCUT2D eigenvalue weighted by Gasteiger charge is 2.15. The van der Waals surface area contributed by atoms with Crippen LogP contribution in [0.2, 0.25) is 0 Å². The van der Waals surface area contributed by atoms with Gasteiger partial charge in [-0.15, -0.1) is 0 Å². The van der Waals surface area contributed by atoms with Gasteiger partial charge in [0, 0.05) is 19.3 Å². The summed E-state index contributed by atoms with van der Waals surface area (Å²) in [5.74, 6) is -2.41. The second-order valence-corrected chi connectivity index (χ2v) is 7.39. The number of aromatic hydroxyl groups is 3. The number of carboxylic acid groups (broad SMARTS) is 1. The third-order valence-electron chi connectivity index (χ3n) is 2.25. The molecule has 2 atom stereocenters. The molecule has 1 unspecified atom stereocenters. The Morgan fingerprint density at radius 3 is 1.85 bits per heavy atom. The van der Waals surface area contributed by atoms with Gasteiger partial charge in [-0.05, 0) is 26.0 Å². The van der Waals surface area contributed by atoms with Crippen LogP contribution < -0.4 is 5.32 Å². The number of para-hydroxylation sites is 1. The number of rotatable bonds is 5. The zero-order valence-corrected chi connectivity index (χ0v) is 17.1. The third-order valence-corrected chi connectivity index (χ3v) is 3.41. The van der Waals surface area contributed by atoms with Gasteiger partial charge < -0.3 is 30.3 Å². The van der Waals surface area contributed by atoms with Crippen molar-refractivity contribution in [3.05, 3.63) is 18.2 Å². The maximum atomic E-state index is 12.0. The number of nitrogens with one attached hydrogen (secondary N) is 1. The zero-order chi connectivity index (χ0) is 21.8. The molecule has 1 rings (SSSR count). The summed E-state index contributed by atoms with van der Waals surface area (Å²) in [4.78, 5) is 20.5. The Bertz CT molecular complexity index is 632. The Morgan fingerprint density at radius 2 is 1.70 bits per heavy atom. The largest absolute Gasteiger partial charge is 0.504 e. The highest BCUT2D eigenvalue weighted by molar-refractivity contribution is 7.80. The topological polar surface area (TPSA) is 153 Å². The summed E-state index contributed by atoms with van der Waals surface area (Å²) < 4.78 is 26.4. The molecule has 12 heteroatoms. The van der Waals surface area contributed by atoms with Crippen molar-refractivity contribution in [2.24, 2.45) is 0 Å². The van der Waals surface area contributed by atoms with Crippen molar-refractivity contribution in [2.45, 2.75) is 32.9 Å². The molecular weight excluding hydrogens is 404 g/mol. The Kier molecular flexibility index (Phi) is 13.4. The molecule has 1 amide bonds. The maximum absolute atomic E-state index is 12.0. The molecule has 156 valence electrons. The molecule has 0 saturated carbocycles. The maximum Gasteiger partial charge on any atom is 0.364 e. The standard InChI is InChI=1S/C6H6O3.C5H9NO3S.C4H10FO2P/c7-4-2-1-3-5(8)6(4)9;1-3(7)6-4(2-10)5(8)9;1-4(2)7-8(3,5)6/h1-3,7-9H;4,10H,2H2,1H3,(H,6,7)(H,8,9);4H,1-3H3/t;4-;/m.0./s1. The quantitative estimate of drug-likeness (QED) is 0.237. The minimum absolute atomic E-state index is 0.106. The number of phenols is 3. The fraction of sp³-hybridized carbons (Fsp3) is 0.467. The van der Waals surface area contributed by atoms with Crippen LogP contribution >= 0.6 is 20.3 Å². The fourth-order valence-electron chi connectivity index (χ4n) is 1.33. The van der Waals surface area contributed by atoms with E-state index in [2.05, 4.69) is 22.5 Å². The predicted molar refractivity (Wildman–Crippen MR) is 101 cm³/mol. The third kappa shape index (κ3) is 16.0. The Labute approximate surface area is 162 Å². The molecule has 0 spiro atoms. The molecule has 0 fully saturated rings. The van der Waals surface area contributed by atoms with Crippen LogP contribution in [0.3, 0.4) is 0 Å². The van der Waals surface area contributed by atoms with E-state index in [0.29, 0.717) is 0 Å². The molecule has 1 aromatic carbocycles. The number of aliphatic carboxylic acids is 1. The zero-order valence-electron chi connectivity index (χ0n) is 15.3. The lowest BCUT2D eigenvalue weighted by molar-refractivity contribution is -0.140. The summed E-state index contributed by atoms with van der Waals surface area (Å²) in [5, 5.41) is 36.7. The van der Waals surface area contributed by atoms with Gasteiger partial charge >= 0.3 is 13.6 Å². The Balaban J connectivity index is 0. The van der Waals surface area contributed by atoms with E-state index >= 15 is 0 Å². The fourth-order valence-corrected chi connectivity index (χ4v) is 2.33.